The molecule has 8 nitrogen and oxygen atoms in total. The minimum Gasteiger partial charge on any atom is -0.394 e. The molecule has 3 amide bonds. The van der Waals surface area contributed by atoms with Gasteiger partial charge in [-0.3, -0.25) is 9.78 Å². The molecule has 1 saturated heterocycles. The highest BCUT2D eigenvalue weighted by molar-refractivity contribution is 6.30. The van der Waals surface area contributed by atoms with Gasteiger partial charge >= 0.3 is 6.03 Å². The molecule has 1 aromatic carbocycles. The van der Waals surface area contributed by atoms with E-state index < -0.39 is 6.10 Å². The summed E-state index contributed by atoms with van der Waals surface area (Å²) in [5, 5.41) is 18.7. The SMILES string of the molecule is O=C(NCC[C@H]1CC[C@H](NC(=O)c2ccncc2)[C@H](CO)O1)Nc1ccc(Cl)cc1. The highest BCUT2D eigenvalue weighted by Gasteiger charge is 2.31. The van der Waals surface area contributed by atoms with Crippen molar-refractivity contribution in [2.75, 3.05) is 18.5 Å². The van der Waals surface area contributed by atoms with Gasteiger partial charge in [0.05, 0.1) is 18.8 Å². The number of carbonyl (C=O) groups is 2. The molecule has 1 aromatic heterocycles. The lowest BCUT2D eigenvalue weighted by Gasteiger charge is -2.36. The monoisotopic (exact) mass is 432 g/mol. The number of hydrogen-bond acceptors (Lipinski definition) is 5. The van der Waals surface area contributed by atoms with Crippen molar-refractivity contribution in [1.82, 2.24) is 15.6 Å². The van der Waals surface area contributed by atoms with Crippen LogP contribution in [0.25, 0.3) is 0 Å². The van der Waals surface area contributed by atoms with Crippen LogP contribution in [0, 0.1) is 0 Å². The zero-order valence-electron chi connectivity index (χ0n) is 16.4. The lowest BCUT2D eigenvalue weighted by atomic mass is 9.97. The number of aliphatic hydroxyl groups is 1. The summed E-state index contributed by atoms with van der Waals surface area (Å²) in [6, 6.07) is 9.53. The Hall–Kier alpha value is -2.68. The minimum atomic E-state index is -0.488. The maximum absolute atomic E-state index is 12.3. The van der Waals surface area contributed by atoms with Gasteiger partial charge in [0.25, 0.3) is 5.91 Å². The number of nitrogens with one attached hydrogen (secondary N) is 3. The Morgan fingerprint density at radius 3 is 2.57 bits per heavy atom. The van der Waals surface area contributed by atoms with E-state index in [0.29, 0.717) is 35.7 Å². The molecule has 0 unspecified atom stereocenters. The maximum Gasteiger partial charge on any atom is 0.319 e. The molecular formula is C21H25ClN4O4. The van der Waals surface area contributed by atoms with Gasteiger partial charge in [-0.25, -0.2) is 4.79 Å². The molecular weight excluding hydrogens is 408 g/mol. The Kier molecular flexibility index (Phi) is 8.01. The zero-order valence-corrected chi connectivity index (χ0v) is 17.1. The molecule has 30 heavy (non-hydrogen) atoms. The van der Waals surface area contributed by atoms with Gasteiger partial charge in [-0.1, -0.05) is 11.6 Å². The topological polar surface area (TPSA) is 113 Å². The molecule has 2 aromatic rings. The molecule has 160 valence electrons. The second-order valence-electron chi connectivity index (χ2n) is 7.05. The largest absolute Gasteiger partial charge is 0.394 e. The van der Waals surface area contributed by atoms with Crippen molar-refractivity contribution >= 4 is 29.2 Å². The fourth-order valence-electron chi connectivity index (χ4n) is 3.32. The van der Waals surface area contributed by atoms with E-state index >= 15 is 0 Å². The molecule has 0 radical (unpaired) electrons. The van der Waals surface area contributed by atoms with Crippen LogP contribution in [0.3, 0.4) is 0 Å². The van der Waals surface area contributed by atoms with Crippen molar-refractivity contribution < 1.29 is 19.4 Å². The van der Waals surface area contributed by atoms with Crippen LogP contribution >= 0.6 is 11.6 Å². The summed E-state index contributed by atoms with van der Waals surface area (Å²) in [6.07, 6.45) is 4.53. The molecule has 0 bridgehead atoms. The molecule has 1 aliphatic heterocycles. The first-order valence-corrected chi connectivity index (χ1v) is 10.2. The van der Waals surface area contributed by atoms with Crippen molar-refractivity contribution in [3.8, 4) is 0 Å². The van der Waals surface area contributed by atoms with E-state index in [9.17, 15) is 14.7 Å². The third kappa shape index (κ3) is 6.41. The van der Waals surface area contributed by atoms with Gasteiger partial charge in [-0.15, -0.1) is 0 Å². The van der Waals surface area contributed by atoms with E-state index in [1.807, 2.05) is 0 Å². The maximum atomic E-state index is 12.3. The van der Waals surface area contributed by atoms with E-state index in [0.717, 1.165) is 6.42 Å². The lowest BCUT2D eigenvalue weighted by Crippen LogP contribution is -2.51. The predicted molar refractivity (Wildman–Crippen MR) is 114 cm³/mol. The second kappa shape index (κ2) is 10.9. The van der Waals surface area contributed by atoms with Crippen LogP contribution in [0.1, 0.15) is 29.6 Å². The number of anilines is 1. The first-order chi connectivity index (χ1) is 14.5. The van der Waals surface area contributed by atoms with E-state index in [1.54, 1.807) is 48.8 Å². The average molecular weight is 433 g/mol. The van der Waals surface area contributed by atoms with E-state index in [-0.39, 0.29) is 30.7 Å². The van der Waals surface area contributed by atoms with Crippen LogP contribution < -0.4 is 16.0 Å². The summed E-state index contributed by atoms with van der Waals surface area (Å²) in [5.41, 5.74) is 1.17. The number of nitrogens with zero attached hydrogens (tertiary/aromatic N) is 1. The van der Waals surface area contributed by atoms with Crippen molar-refractivity contribution in [3.63, 3.8) is 0 Å². The second-order valence-corrected chi connectivity index (χ2v) is 7.49. The molecule has 1 fully saturated rings. The van der Waals surface area contributed by atoms with Crippen LogP contribution in [0.4, 0.5) is 10.5 Å². The Bertz CT molecular complexity index is 835. The minimum absolute atomic E-state index is 0.105. The molecule has 3 rings (SSSR count). The van der Waals surface area contributed by atoms with Crippen molar-refractivity contribution in [2.45, 2.75) is 37.5 Å². The molecule has 0 saturated carbocycles. The number of urea groups is 1. The van der Waals surface area contributed by atoms with Gasteiger partial charge in [-0.05, 0) is 55.7 Å². The Balaban J connectivity index is 1.40. The number of amides is 3. The number of benzene rings is 1. The van der Waals surface area contributed by atoms with Crippen LogP contribution in [-0.4, -0.2) is 53.4 Å². The summed E-state index contributed by atoms with van der Waals surface area (Å²) in [4.78, 5) is 28.2. The van der Waals surface area contributed by atoms with Gasteiger partial charge in [0, 0.05) is 35.2 Å². The molecule has 1 aliphatic rings. The first kappa shape index (κ1) is 22.0. The van der Waals surface area contributed by atoms with Crippen LogP contribution in [0.15, 0.2) is 48.8 Å². The van der Waals surface area contributed by atoms with Gasteiger partial charge in [0.1, 0.15) is 6.10 Å². The number of rotatable bonds is 7. The van der Waals surface area contributed by atoms with Crippen molar-refractivity contribution in [1.29, 1.82) is 0 Å². The van der Waals surface area contributed by atoms with Crippen LogP contribution in [0.2, 0.25) is 5.02 Å². The number of hydrogen-bond donors (Lipinski definition) is 4. The van der Waals surface area contributed by atoms with Crippen molar-refractivity contribution in [3.05, 3.63) is 59.4 Å². The van der Waals surface area contributed by atoms with Gasteiger partial charge < -0.3 is 25.8 Å². The molecule has 2 heterocycles. The third-order valence-electron chi connectivity index (χ3n) is 4.91. The predicted octanol–water partition coefficient (Wildman–Crippen LogP) is 2.59. The zero-order chi connectivity index (χ0) is 21.3. The highest BCUT2D eigenvalue weighted by atomic mass is 35.5. The van der Waals surface area contributed by atoms with Gasteiger partial charge in [0.15, 0.2) is 0 Å². The fraction of sp³-hybridized carbons (Fsp3) is 0.381. The fourth-order valence-corrected chi connectivity index (χ4v) is 3.45. The lowest BCUT2D eigenvalue weighted by molar-refractivity contribution is -0.0892. The number of aromatic nitrogens is 1. The van der Waals surface area contributed by atoms with E-state index in [2.05, 4.69) is 20.9 Å². The Morgan fingerprint density at radius 1 is 1.13 bits per heavy atom. The Morgan fingerprint density at radius 2 is 1.87 bits per heavy atom. The summed E-state index contributed by atoms with van der Waals surface area (Å²) >= 11 is 5.83. The smallest absolute Gasteiger partial charge is 0.319 e. The Labute approximate surface area is 180 Å². The van der Waals surface area contributed by atoms with Crippen molar-refractivity contribution in [2.24, 2.45) is 0 Å². The first-order valence-electron chi connectivity index (χ1n) is 9.83. The molecule has 3 atom stereocenters. The number of carbonyl (C=O) groups excluding carboxylic acids is 2. The summed E-state index contributed by atoms with van der Waals surface area (Å²) < 4.78 is 5.93. The van der Waals surface area contributed by atoms with E-state index in [4.69, 9.17) is 16.3 Å². The van der Waals surface area contributed by atoms with Crippen LogP contribution in [-0.2, 0) is 4.74 Å². The molecule has 0 spiro atoms. The number of ether oxygens (including phenoxy) is 1. The molecule has 9 heteroatoms. The quantitative estimate of drug-likeness (QED) is 0.537. The summed E-state index contributed by atoms with van der Waals surface area (Å²) in [6.45, 7) is 0.235. The highest BCUT2D eigenvalue weighted by Crippen LogP contribution is 2.22. The molecule has 0 aliphatic carbocycles. The third-order valence-corrected chi connectivity index (χ3v) is 5.16. The normalized spacial score (nSPS) is 20.9. The van der Waals surface area contributed by atoms with E-state index in [1.165, 1.54) is 0 Å². The van der Waals surface area contributed by atoms with Gasteiger partial charge in [-0.2, -0.15) is 0 Å². The molecule has 4 N–H and O–H groups in total. The number of aliphatic hydroxyl groups excluding tert-OH is 1. The average Bonchev–Trinajstić information content (AvgIpc) is 2.77. The summed E-state index contributed by atoms with van der Waals surface area (Å²) in [7, 11) is 0. The van der Waals surface area contributed by atoms with Crippen LogP contribution in [0.5, 0.6) is 0 Å². The number of pyridine rings is 1. The number of halogens is 1. The standard InChI is InChI=1S/C21H25ClN4O4/c22-15-1-3-16(4-2-15)25-21(29)24-12-9-17-5-6-18(19(13-27)30-17)26-20(28)14-7-10-23-11-8-14/h1-4,7-8,10-11,17-19,27H,5-6,9,12-13H2,(H,26,28)(H2,24,25,29)/t17-,18+,19+/m1/s1. The summed E-state index contributed by atoms with van der Waals surface area (Å²) in [5.74, 6) is -0.219. The van der Waals surface area contributed by atoms with Gasteiger partial charge in [0.2, 0.25) is 0 Å².